The van der Waals surface area contributed by atoms with E-state index in [1.54, 1.807) is 6.92 Å². The van der Waals surface area contributed by atoms with E-state index in [1.165, 1.54) is 16.8 Å². The van der Waals surface area contributed by atoms with Crippen LogP contribution in [0.5, 0.6) is 11.6 Å². The number of sulfonamides is 1. The van der Waals surface area contributed by atoms with Gasteiger partial charge in [-0.25, -0.2) is 13.1 Å². The van der Waals surface area contributed by atoms with Crippen LogP contribution in [0, 0.1) is 30.9 Å². The molecule has 1 unspecified atom stereocenters. The van der Waals surface area contributed by atoms with Gasteiger partial charge in [0.2, 0.25) is 15.9 Å². The molecule has 1 aliphatic carbocycles. The van der Waals surface area contributed by atoms with Gasteiger partial charge in [0.25, 0.3) is 11.6 Å². The Kier molecular flexibility index (Phi) is 7.56. The Balaban J connectivity index is 1.88. The number of nitro groups is 1. The molecule has 0 saturated heterocycles. The average Bonchev–Trinajstić information content (AvgIpc) is 3.62. The topological polar surface area (TPSA) is 145 Å². The monoisotopic (exact) mass is 541 g/mol. The summed E-state index contributed by atoms with van der Waals surface area (Å²) in [6.07, 6.45) is 2.11. The standard InChI is InChI=1S/C26H31N5O6S/c1-6-16(3)27-25(32)24-18(5)26(30(28-24)21-9-7-8-15(2)17(21)4)37-22-13-12-20(31(33)34)14-23(22)38(35,36)29-19-10-11-19/h7-9,12-14,16,19,29H,6,10-11H2,1-5H3,(H,27,32). The fraction of sp³-hybridized carbons (Fsp3) is 0.385. The predicted molar refractivity (Wildman–Crippen MR) is 142 cm³/mol. The summed E-state index contributed by atoms with van der Waals surface area (Å²) < 4.78 is 36.6. The Morgan fingerprint density at radius 1 is 1.21 bits per heavy atom. The molecule has 1 aromatic heterocycles. The molecule has 11 nitrogen and oxygen atoms in total. The lowest BCUT2D eigenvalue weighted by atomic mass is 10.1. The number of hydrogen-bond acceptors (Lipinski definition) is 7. The number of aryl methyl sites for hydroxylation is 1. The summed E-state index contributed by atoms with van der Waals surface area (Å²) in [5.74, 6) is -0.380. The number of nitrogens with zero attached hydrogens (tertiary/aromatic N) is 3. The fourth-order valence-corrected chi connectivity index (χ4v) is 5.28. The van der Waals surface area contributed by atoms with E-state index in [0.29, 0.717) is 24.1 Å². The number of nitrogens with one attached hydrogen (secondary N) is 2. The van der Waals surface area contributed by atoms with E-state index in [9.17, 15) is 23.3 Å². The second kappa shape index (κ2) is 10.5. The van der Waals surface area contributed by atoms with E-state index in [2.05, 4.69) is 15.1 Å². The minimum Gasteiger partial charge on any atom is -0.437 e. The van der Waals surface area contributed by atoms with Gasteiger partial charge in [0.15, 0.2) is 5.69 Å². The number of aromatic nitrogens is 2. The molecule has 1 amide bonds. The summed E-state index contributed by atoms with van der Waals surface area (Å²) in [4.78, 5) is 23.5. The predicted octanol–water partition coefficient (Wildman–Crippen LogP) is 4.47. The number of hydrogen-bond donors (Lipinski definition) is 2. The molecule has 2 aromatic carbocycles. The molecule has 0 aliphatic heterocycles. The molecular formula is C26H31N5O6S. The third-order valence-corrected chi connectivity index (χ3v) is 8.15. The molecule has 0 spiro atoms. The van der Waals surface area contributed by atoms with Crippen LogP contribution in [0.1, 0.15) is 60.3 Å². The van der Waals surface area contributed by atoms with Gasteiger partial charge in [0.1, 0.15) is 10.6 Å². The van der Waals surface area contributed by atoms with Gasteiger partial charge in [-0.2, -0.15) is 9.78 Å². The van der Waals surface area contributed by atoms with Crippen molar-refractivity contribution in [1.29, 1.82) is 0 Å². The van der Waals surface area contributed by atoms with Crippen molar-refractivity contribution in [1.82, 2.24) is 19.8 Å². The largest absolute Gasteiger partial charge is 0.437 e. The molecule has 1 fully saturated rings. The molecule has 3 aromatic rings. The highest BCUT2D eigenvalue weighted by atomic mass is 32.2. The summed E-state index contributed by atoms with van der Waals surface area (Å²) in [5.41, 5.74) is 2.65. The summed E-state index contributed by atoms with van der Waals surface area (Å²) >= 11 is 0. The number of benzene rings is 2. The molecule has 1 saturated carbocycles. The average molecular weight is 542 g/mol. The van der Waals surface area contributed by atoms with Crippen LogP contribution in [-0.2, 0) is 10.0 Å². The normalized spacial score (nSPS) is 14.2. The Hall–Kier alpha value is -3.77. The number of rotatable bonds is 10. The van der Waals surface area contributed by atoms with Gasteiger partial charge in [0.05, 0.1) is 10.6 Å². The molecule has 1 heterocycles. The zero-order valence-corrected chi connectivity index (χ0v) is 22.8. The third-order valence-electron chi connectivity index (χ3n) is 6.61. The maximum atomic E-state index is 13.2. The van der Waals surface area contributed by atoms with Crippen LogP contribution in [0.15, 0.2) is 41.3 Å². The Bertz CT molecular complexity index is 1510. The summed E-state index contributed by atoms with van der Waals surface area (Å²) in [6.45, 7) is 9.35. The molecule has 1 aliphatic rings. The molecule has 1 atom stereocenters. The first-order valence-electron chi connectivity index (χ1n) is 12.4. The molecule has 0 radical (unpaired) electrons. The smallest absolute Gasteiger partial charge is 0.272 e. The lowest BCUT2D eigenvalue weighted by Gasteiger charge is -2.15. The minimum atomic E-state index is -4.13. The Morgan fingerprint density at radius 3 is 2.55 bits per heavy atom. The number of carbonyl (C=O) groups is 1. The summed E-state index contributed by atoms with van der Waals surface area (Å²) in [5, 5.41) is 18.9. The highest BCUT2D eigenvalue weighted by Crippen LogP contribution is 2.37. The highest BCUT2D eigenvalue weighted by Gasteiger charge is 2.32. The fourth-order valence-electron chi connectivity index (χ4n) is 3.83. The molecule has 38 heavy (non-hydrogen) atoms. The van der Waals surface area contributed by atoms with Crippen molar-refractivity contribution in [3.8, 4) is 17.3 Å². The number of ether oxygens (including phenoxy) is 1. The van der Waals surface area contributed by atoms with Crippen molar-refractivity contribution in [3.63, 3.8) is 0 Å². The van der Waals surface area contributed by atoms with Crippen molar-refractivity contribution in [2.24, 2.45) is 0 Å². The van der Waals surface area contributed by atoms with Crippen LogP contribution in [0.25, 0.3) is 5.69 Å². The van der Waals surface area contributed by atoms with Gasteiger partial charge < -0.3 is 10.1 Å². The van der Waals surface area contributed by atoms with Crippen LogP contribution in [0.2, 0.25) is 0 Å². The van der Waals surface area contributed by atoms with E-state index in [4.69, 9.17) is 4.74 Å². The van der Waals surface area contributed by atoms with Crippen molar-refractivity contribution in [3.05, 3.63) is 68.9 Å². The molecule has 202 valence electrons. The second-order valence-electron chi connectivity index (χ2n) is 9.58. The Morgan fingerprint density at radius 2 is 1.92 bits per heavy atom. The van der Waals surface area contributed by atoms with Gasteiger partial charge in [-0.3, -0.25) is 14.9 Å². The van der Waals surface area contributed by atoms with E-state index >= 15 is 0 Å². The summed E-state index contributed by atoms with van der Waals surface area (Å²) in [7, 11) is -4.13. The van der Waals surface area contributed by atoms with Crippen molar-refractivity contribution in [2.45, 2.75) is 70.9 Å². The van der Waals surface area contributed by atoms with E-state index < -0.39 is 20.9 Å². The molecule has 2 N–H and O–H groups in total. The molecule has 4 rings (SSSR count). The van der Waals surface area contributed by atoms with Crippen molar-refractivity contribution < 1.29 is 22.9 Å². The van der Waals surface area contributed by atoms with Crippen LogP contribution in [0.4, 0.5) is 5.69 Å². The van der Waals surface area contributed by atoms with E-state index in [-0.39, 0.29) is 40.0 Å². The van der Waals surface area contributed by atoms with Gasteiger partial charge in [-0.15, -0.1) is 0 Å². The third kappa shape index (κ3) is 5.55. The van der Waals surface area contributed by atoms with E-state index in [1.807, 2.05) is 45.9 Å². The quantitative estimate of drug-likeness (QED) is 0.284. The van der Waals surface area contributed by atoms with E-state index in [0.717, 1.165) is 23.6 Å². The van der Waals surface area contributed by atoms with Gasteiger partial charge in [0, 0.05) is 29.8 Å². The summed E-state index contributed by atoms with van der Waals surface area (Å²) in [6, 6.07) is 8.70. The number of nitro benzene ring substituents is 1. The SMILES string of the molecule is CCC(C)NC(=O)c1nn(-c2cccc(C)c2C)c(Oc2ccc([N+](=O)[O-])cc2S(=O)(=O)NC2CC2)c1C. The maximum Gasteiger partial charge on any atom is 0.272 e. The Labute approximate surface area is 221 Å². The van der Waals surface area contributed by atoms with Gasteiger partial charge in [-0.1, -0.05) is 19.1 Å². The first-order valence-corrected chi connectivity index (χ1v) is 13.9. The van der Waals surface area contributed by atoms with Crippen LogP contribution in [-0.4, -0.2) is 41.1 Å². The van der Waals surface area contributed by atoms with Crippen molar-refractivity contribution >= 4 is 21.6 Å². The first kappa shape index (κ1) is 27.3. The zero-order chi connectivity index (χ0) is 27.8. The van der Waals surface area contributed by atoms with Gasteiger partial charge >= 0.3 is 0 Å². The van der Waals surface area contributed by atoms with Crippen LogP contribution in [0.3, 0.4) is 0 Å². The lowest BCUT2D eigenvalue weighted by Crippen LogP contribution is -2.32. The number of non-ortho nitro benzene ring substituents is 1. The minimum absolute atomic E-state index is 0.0861. The lowest BCUT2D eigenvalue weighted by molar-refractivity contribution is -0.385. The first-order chi connectivity index (χ1) is 17.9. The number of carbonyl (C=O) groups excluding carboxylic acids is 1. The van der Waals surface area contributed by atoms with Crippen molar-refractivity contribution in [2.75, 3.05) is 0 Å². The molecule has 0 bridgehead atoms. The number of amides is 1. The maximum absolute atomic E-state index is 13.2. The highest BCUT2D eigenvalue weighted by molar-refractivity contribution is 7.89. The van der Waals surface area contributed by atoms with Crippen LogP contribution < -0.4 is 14.8 Å². The zero-order valence-electron chi connectivity index (χ0n) is 21.9. The van der Waals surface area contributed by atoms with Crippen LogP contribution >= 0.6 is 0 Å². The second-order valence-corrected chi connectivity index (χ2v) is 11.3. The molecule has 12 heteroatoms. The van der Waals surface area contributed by atoms with Gasteiger partial charge in [-0.05, 0) is 70.2 Å². The molecular weight excluding hydrogens is 510 g/mol.